The Morgan fingerprint density at radius 3 is 2.20 bits per heavy atom. The van der Waals surface area contributed by atoms with Crippen LogP contribution in [0.3, 0.4) is 0 Å². The SMILES string of the molecule is CC(C)c1nc(CN(C)C(=O)N[C@@H](CCN2CCOCC2)C(=O)N[C@H](CC[C@H](Cc2ccccc2)N(Cc2cncs2)C(=O)O)Cc2ccccc2)cs1. The third kappa shape index (κ3) is 12.9. The molecule has 0 saturated carbocycles. The summed E-state index contributed by atoms with van der Waals surface area (Å²) in [6, 6.07) is 18.1. The van der Waals surface area contributed by atoms with Crippen LogP contribution in [0.25, 0.3) is 0 Å². The average Bonchev–Trinajstić information content (AvgIpc) is 3.88. The van der Waals surface area contributed by atoms with Crippen LogP contribution >= 0.6 is 22.7 Å². The number of urea groups is 1. The number of aromatic nitrogens is 2. The molecule has 12 nitrogen and oxygen atoms in total. The smallest absolute Gasteiger partial charge is 0.407 e. The van der Waals surface area contributed by atoms with E-state index >= 15 is 0 Å². The molecule has 4 aromatic rings. The van der Waals surface area contributed by atoms with Crippen LogP contribution < -0.4 is 10.6 Å². The Morgan fingerprint density at radius 1 is 0.907 bits per heavy atom. The number of ether oxygens (including phenoxy) is 1. The molecule has 5 rings (SSSR count). The summed E-state index contributed by atoms with van der Waals surface area (Å²) in [5.41, 5.74) is 4.62. The summed E-state index contributed by atoms with van der Waals surface area (Å²) in [6.45, 7) is 8.19. The van der Waals surface area contributed by atoms with E-state index in [9.17, 15) is 19.5 Å². The highest BCUT2D eigenvalue weighted by Crippen LogP contribution is 2.22. The number of carbonyl (C=O) groups is 3. The molecule has 54 heavy (non-hydrogen) atoms. The van der Waals surface area contributed by atoms with Gasteiger partial charge in [0, 0.05) is 61.1 Å². The largest absolute Gasteiger partial charge is 0.465 e. The van der Waals surface area contributed by atoms with Crippen molar-refractivity contribution in [3.8, 4) is 0 Å². The van der Waals surface area contributed by atoms with Crippen LogP contribution in [-0.2, 0) is 35.5 Å². The Kier molecular flexibility index (Phi) is 15.8. The van der Waals surface area contributed by atoms with Gasteiger partial charge in [-0.3, -0.25) is 19.6 Å². The lowest BCUT2D eigenvalue weighted by atomic mass is 9.94. The zero-order chi connectivity index (χ0) is 38.3. The van der Waals surface area contributed by atoms with Crippen LogP contribution in [0.15, 0.2) is 77.8 Å². The lowest BCUT2D eigenvalue weighted by Crippen LogP contribution is -2.54. The molecule has 290 valence electrons. The molecule has 0 bridgehead atoms. The second kappa shape index (κ2) is 20.9. The van der Waals surface area contributed by atoms with E-state index in [0.717, 1.165) is 39.8 Å². The van der Waals surface area contributed by atoms with E-state index in [1.165, 1.54) is 16.2 Å². The number of carboxylic acid groups (broad SMARTS) is 1. The van der Waals surface area contributed by atoms with Crippen molar-refractivity contribution >= 4 is 40.7 Å². The van der Waals surface area contributed by atoms with Gasteiger partial charge in [0.2, 0.25) is 5.91 Å². The summed E-state index contributed by atoms with van der Waals surface area (Å²) in [4.78, 5) is 55.7. The lowest BCUT2D eigenvalue weighted by Gasteiger charge is -2.32. The number of nitrogens with one attached hydrogen (secondary N) is 2. The van der Waals surface area contributed by atoms with Gasteiger partial charge in [0.1, 0.15) is 6.04 Å². The van der Waals surface area contributed by atoms with Crippen molar-refractivity contribution in [3.05, 3.63) is 104 Å². The fourth-order valence-corrected chi connectivity index (χ4v) is 7.97. The quantitative estimate of drug-likeness (QED) is 0.102. The van der Waals surface area contributed by atoms with E-state index in [1.807, 2.05) is 66.0 Å². The van der Waals surface area contributed by atoms with Crippen LogP contribution in [0.5, 0.6) is 0 Å². The molecule has 3 heterocycles. The van der Waals surface area contributed by atoms with E-state index in [4.69, 9.17) is 4.74 Å². The molecule has 3 atom stereocenters. The van der Waals surface area contributed by atoms with Gasteiger partial charge in [-0.15, -0.1) is 22.7 Å². The maximum Gasteiger partial charge on any atom is 0.407 e. The Morgan fingerprint density at radius 2 is 1.59 bits per heavy atom. The van der Waals surface area contributed by atoms with Crippen molar-refractivity contribution < 1.29 is 24.2 Å². The molecule has 2 aromatic carbocycles. The molecule has 0 radical (unpaired) electrons. The molecule has 14 heteroatoms. The highest BCUT2D eigenvalue weighted by atomic mass is 32.1. The summed E-state index contributed by atoms with van der Waals surface area (Å²) in [5, 5.41) is 19.8. The second-order valence-electron chi connectivity index (χ2n) is 14.1. The highest BCUT2D eigenvalue weighted by Gasteiger charge is 2.29. The lowest BCUT2D eigenvalue weighted by molar-refractivity contribution is -0.124. The summed E-state index contributed by atoms with van der Waals surface area (Å²) in [5.74, 6) is 0.0418. The first-order valence-corrected chi connectivity index (χ1v) is 20.4. The van der Waals surface area contributed by atoms with Gasteiger partial charge in [-0.05, 0) is 43.2 Å². The van der Waals surface area contributed by atoms with E-state index in [-0.39, 0.29) is 30.6 Å². The van der Waals surface area contributed by atoms with Gasteiger partial charge in [-0.25, -0.2) is 14.6 Å². The van der Waals surface area contributed by atoms with Gasteiger partial charge >= 0.3 is 12.1 Å². The summed E-state index contributed by atoms with van der Waals surface area (Å²) < 4.78 is 5.53. The summed E-state index contributed by atoms with van der Waals surface area (Å²) in [6.07, 6.45) is 3.25. The Labute approximate surface area is 326 Å². The molecular formula is C40H53N7O5S2. The first kappa shape index (κ1) is 40.8. The van der Waals surface area contributed by atoms with Crippen molar-refractivity contribution in [2.75, 3.05) is 39.9 Å². The van der Waals surface area contributed by atoms with Gasteiger partial charge in [0.25, 0.3) is 0 Å². The number of benzene rings is 2. The van der Waals surface area contributed by atoms with Crippen molar-refractivity contribution in [2.24, 2.45) is 0 Å². The number of rotatable bonds is 19. The molecular weight excluding hydrogens is 723 g/mol. The number of hydrogen-bond donors (Lipinski definition) is 3. The number of nitrogens with zero attached hydrogens (tertiary/aromatic N) is 5. The third-order valence-corrected chi connectivity index (χ3v) is 11.5. The van der Waals surface area contributed by atoms with Crippen molar-refractivity contribution in [3.63, 3.8) is 0 Å². The first-order chi connectivity index (χ1) is 26.1. The monoisotopic (exact) mass is 775 g/mol. The van der Waals surface area contributed by atoms with E-state index in [2.05, 4.69) is 39.3 Å². The van der Waals surface area contributed by atoms with Gasteiger partial charge in [0.05, 0.1) is 42.5 Å². The maximum atomic E-state index is 14.3. The number of amides is 4. The van der Waals surface area contributed by atoms with Gasteiger partial charge in [-0.2, -0.15) is 0 Å². The Bertz CT molecular complexity index is 1720. The topological polar surface area (TPSA) is 140 Å². The molecule has 0 aliphatic carbocycles. The molecule has 4 amide bonds. The van der Waals surface area contributed by atoms with Crippen LogP contribution in [-0.4, -0.2) is 106 Å². The molecule has 3 N–H and O–H groups in total. The summed E-state index contributed by atoms with van der Waals surface area (Å²) in [7, 11) is 1.71. The third-order valence-electron chi connectivity index (χ3n) is 9.59. The predicted molar refractivity (Wildman–Crippen MR) is 213 cm³/mol. The fraction of sp³-hybridized carbons (Fsp3) is 0.475. The second-order valence-corrected chi connectivity index (χ2v) is 16.0. The van der Waals surface area contributed by atoms with E-state index in [0.29, 0.717) is 64.3 Å². The van der Waals surface area contributed by atoms with Gasteiger partial charge in [0.15, 0.2) is 0 Å². The number of hydrogen-bond acceptors (Lipinski definition) is 9. The summed E-state index contributed by atoms with van der Waals surface area (Å²) >= 11 is 3.01. The van der Waals surface area contributed by atoms with E-state index < -0.39 is 12.1 Å². The molecule has 1 aliphatic heterocycles. The van der Waals surface area contributed by atoms with Crippen molar-refractivity contribution in [1.29, 1.82) is 0 Å². The minimum Gasteiger partial charge on any atom is -0.465 e. The Hall–Kier alpha value is -4.37. The predicted octanol–water partition coefficient (Wildman–Crippen LogP) is 6.25. The van der Waals surface area contributed by atoms with Crippen LogP contribution in [0.2, 0.25) is 0 Å². The van der Waals surface area contributed by atoms with Gasteiger partial charge in [-0.1, -0.05) is 74.5 Å². The zero-order valence-electron chi connectivity index (χ0n) is 31.4. The molecule has 1 saturated heterocycles. The number of thiazole rings is 2. The fourth-order valence-electron chi connectivity index (χ4n) is 6.55. The average molecular weight is 776 g/mol. The van der Waals surface area contributed by atoms with Crippen molar-refractivity contribution in [1.82, 2.24) is 35.3 Å². The number of carbonyl (C=O) groups excluding carboxylic acids is 2. The maximum absolute atomic E-state index is 14.3. The van der Waals surface area contributed by atoms with Crippen LogP contribution in [0, 0.1) is 0 Å². The molecule has 0 unspecified atom stereocenters. The minimum absolute atomic E-state index is 0.232. The highest BCUT2D eigenvalue weighted by molar-refractivity contribution is 7.09. The zero-order valence-corrected chi connectivity index (χ0v) is 33.1. The van der Waals surface area contributed by atoms with Crippen molar-refractivity contribution in [2.45, 2.75) is 83.1 Å². The normalized spacial score (nSPS) is 15.0. The van der Waals surface area contributed by atoms with Gasteiger partial charge < -0.3 is 25.4 Å². The minimum atomic E-state index is -0.999. The number of morpholine rings is 1. The van der Waals surface area contributed by atoms with E-state index in [1.54, 1.807) is 35.0 Å². The molecule has 2 aromatic heterocycles. The first-order valence-electron chi connectivity index (χ1n) is 18.7. The molecule has 1 aliphatic rings. The van der Waals surface area contributed by atoms with Crippen LogP contribution in [0.4, 0.5) is 9.59 Å². The standard InChI is InChI=1S/C40H53N7O5S2/c1-29(2)38-43-33(27-53-38)25-45(3)39(49)44-36(16-17-46-18-20-52-21-19-46)37(48)42-32(22-30-10-6-4-7-11-30)14-15-34(23-31-12-8-5-9-13-31)47(40(50)51)26-35-24-41-28-54-35/h4-13,24,27-29,32,34,36H,14-23,25-26H2,1-3H3,(H,42,48)(H,44,49)(H,50,51)/t32-,34-,36+/m1/s1. The van der Waals surface area contributed by atoms with Crippen LogP contribution in [0.1, 0.15) is 65.7 Å². The molecule has 1 fully saturated rings. The molecule has 0 spiro atoms. The Balaban J connectivity index is 1.33.